The first-order chi connectivity index (χ1) is 19.5. The Labute approximate surface area is 235 Å². The van der Waals surface area contributed by atoms with Gasteiger partial charge in [-0.2, -0.15) is 9.29 Å². The number of likely N-dealkylation sites (tertiary alicyclic amines) is 1. The van der Waals surface area contributed by atoms with E-state index in [1.165, 1.54) is 18.9 Å². The molecule has 0 bridgehead atoms. The van der Waals surface area contributed by atoms with E-state index in [1.54, 1.807) is 46.9 Å². The molecular weight excluding hydrogens is 529 g/mol. The third kappa shape index (κ3) is 5.83. The van der Waals surface area contributed by atoms with E-state index in [9.17, 15) is 12.8 Å². The first-order valence-corrected chi connectivity index (χ1v) is 15.6. The molecule has 3 aromatic rings. The second kappa shape index (κ2) is 11.8. The second-order valence-corrected chi connectivity index (χ2v) is 12.6. The smallest absolute Gasteiger partial charge is 0.243 e. The monoisotopic (exact) mass is 565 g/mol. The Bertz CT molecular complexity index is 1420. The van der Waals surface area contributed by atoms with E-state index in [1.807, 2.05) is 6.07 Å². The lowest BCUT2D eigenvalue weighted by atomic mass is 10.1. The predicted octanol–water partition coefficient (Wildman–Crippen LogP) is 3.89. The van der Waals surface area contributed by atoms with Crippen molar-refractivity contribution in [1.29, 1.82) is 0 Å². The third-order valence-electron chi connectivity index (χ3n) is 8.12. The van der Waals surface area contributed by atoms with E-state index < -0.39 is 10.0 Å². The van der Waals surface area contributed by atoms with E-state index in [4.69, 9.17) is 0 Å². The molecule has 4 heterocycles. The zero-order valence-corrected chi connectivity index (χ0v) is 23.4. The third-order valence-corrected chi connectivity index (χ3v) is 10.1. The minimum atomic E-state index is -3.64. The van der Waals surface area contributed by atoms with Gasteiger partial charge in [0.2, 0.25) is 16.0 Å². The fourth-order valence-electron chi connectivity index (χ4n) is 5.98. The van der Waals surface area contributed by atoms with Gasteiger partial charge in [-0.15, -0.1) is 0 Å². The number of nitrogens with one attached hydrogen (secondary N) is 2. The lowest BCUT2D eigenvalue weighted by Crippen LogP contribution is -2.48. The molecule has 40 heavy (non-hydrogen) atoms. The van der Waals surface area contributed by atoms with Crippen LogP contribution in [-0.2, 0) is 16.4 Å². The summed E-state index contributed by atoms with van der Waals surface area (Å²) in [6.07, 6.45) is 6.45. The van der Waals surface area contributed by atoms with Gasteiger partial charge in [0.1, 0.15) is 11.6 Å². The van der Waals surface area contributed by atoms with Crippen LogP contribution in [0.1, 0.15) is 31.2 Å². The molecule has 3 aliphatic heterocycles. The van der Waals surface area contributed by atoms with Crippen molar-refractivity contribution in [3.63, 3.8) is 0 Å². The van der Waals surface area contributed by atoms with Gasteiger partial charge in [-0.3, -0.25) is 0 Å². The van der Waals surface area contributed by atoms with E-state index in [0.717, 1.165) is 69.1 Å². The maximum absolute atomic E-state index is 13.8. The van der Waals surface area contributed by atoms with Crippen molar-refractivity contribution in [3.8, 4) is 0 Å². The molecule has 2 fully saturated rings. The Morgan fingerprint density at radius 2 is 1.80 bits per heavy atom. The number of benzene rings is 2. The van der Waals surface area contributed by atoms with Crippen LogP contribution in [-0.4, -0.2) is 79.4 Å². The fraction of sp³-hybridized carbons (Fsp3) is 0.448. The average Bonchev–Trinajstić information content (AvgIpc) is 3.64. The number of halogens is 1. The van der Waals surface area contributed by atoms with E-state index in [0.29, 0.717) is 29.6 Å². The van der Waals surface area contributed by atoms with Gasteiger partial charge in [-0.25, -0.2) is 17.8 Å². The average molecular weight is 566 g/mol. The number of hydrogen-bond donors (Lipinski definition) is 2. The predicted molar refractivity (Wildman–Crippen MR) is 154 cm³/mol. The van der Waals surface area contributed by atoms with Crippen molar-refractivity contribution >= 4 is 33.2 Å². The van der Waals surface area contributed by atoms with Crippen LogP contribution in [0.2, 0.25) is 0 Å². The highest BCUT2D eigenvalue weighted by Crippen LogP contribution is 2.34. The molecule has 0 amide bonds. The van der Waals surface area contributed by atoms with E-state index in [-0.39, 0.29) is 11.9 Å². The number of aromatic nitrogens is 2. The summed E-state index contributed by atoms with van der Waals surface area (Å²) in [5.41, 5.74) is 2.61. The molecule has 2 N–H and O–H groups in total. The summed E-state index contributed by atoms with van der Waals surface area (Å²) < 4.78 is 43.0. The molecule has 0 saturated carbocycles. The molecule has 9 nitrogen and oxygen atoms in total. The number of sulfonamides is 1. The number of hydrogen-bond acceptors (Lipinski definition) is 8. The normalized spacial score (nSPS) is 18.4. The molecule has 1 aromatic heterocycles. The minimum absolute atomic E-state index is 0.00926. The van der Waals surface area contributed by atoms with Gasteiger partial charge >= 0.3 is 0 Å². The molecule has 2 saturated heterocycles. The van der Waals surface area contributed by atoms with E-state index >= 15 is 0 Å². The molecule has 6 rings (SSSR count). The number of fused-ring (bicyclic) bond motifs is 1. The van der Waals surface area contributed by atoms with Gasteiger partial charge in [-0.05, 0) is 112 Å². The van der Waals surface area contributed by atoms with Gasteiger partial charge in [0.05, 0.1) is 4.90 Å². The maximum Gasteiger partial charge on any atom is 0.243 e. The Morgan fingerprint density at radius 1 is 1.02 bits per heavy atom. The van der Waals surface area contributed by atoms with Gasteiger partial charge in [0.25, 0.3) is 0 Å². The zero-order valence-electron chi connectivity index (χ0n) is 22.6. The molecule has 11 heteroatoms. The quantitative estimate of drug-likeness (QED) is 0.404. The summed E-state index contributed by atoms with van der Waals surface area (Å²) in [5, 5.41) is 6.55. The first-order valence-electron chi connectivity index (χ1n) is 14.2. The standard InChI is InChI=1S/C29H36FN7O2S/c30-23-3-8-27-22(21-23)12-18-36(27)28-11-15-32-29(34-28)33-24-4-6-26(7-5-24)40(38,39)37(25-9-13-31-14-10-25)20-19-35-16-1-2-17-35/h3-8,11,15,21,25,31H,1-2,9-10,12-14,16-20H2,(H,32,33,34). The first kappa shape index (κ1) is 27.1. The van der Waals surface area contributed by atoms with Crippen LogP contribution in [0.3, 0.4) is 0 Å². The molecule has 212 valence electrons. The Kier molecular flexibility index (Phi) is 7.97. The van der Waals surface area contributed by atoms with Crippen LogP contribution in [0.5, 0.6) is 0 Å². The van der Waals surface area contributed by atoms with Crippen LogP contribution in [0.15, 0.2) is 59.6 Å². The largest absolute Gasteiger partial charge is 0.326 e. The van der Waals surface area contributed by atoms with Crippen molar-refractivity contribution in [2.75, 3.05) is 56.0 Å². The van der Waals surface area contributed by atoms with Gasteiger partial charge in [0, 0.05) is 43.2 Å². The van der Waals surface area contributed by atoms with Gasteiger partial charge in [0.15, 0.2) is 0 Å². The van der Waals surface area contributed by atoms with Crippen molar-refractivity contribution in [3.05, 3.63) is 66.1 Å². The second-order valence-electron chi connectivity index (χ2n) is 10.7. The summed E-state index contributed by atoms with van der Waals surface area (Å²) in [6, 6.07) is 13.5. The molecule has 3 aliphatic rings. The summed E-state index contributed by atoms with van der Waals surface area (Å²) in [7, 11) is -3.64. The number of nitrogens with zero attached hydrogens (tertiary/aromatic N) is 5. The topological polar surface area (TPSA) is 93.7 Å². The Morgan fingerprint density at radius 3 is 2.58 bits per heavy atom. The zero-order chi connectivity index (χ0) is 27.5. The van der Waals surface area contributed by atoms with E-state index in [2.05, 4.69) is 30.4 Å². The van der Waals surface area contributed by atoms with Gasteiger partial charge < -0.3 is 20.4 Å². The lowest BCUT2D eigenvalue weighted by Gasteiger charge is -2.34. The number of rotatable bonds is 9. The summed E-state index contributed by atoms with van der Waals surface area (Å²) >= 11 is 0. The lowest BCUT2D eigenvalue weighted by molar-refractivity contribution is 0.228. The van der Waals surface area contributed by atoms with Crippen LogP contribution in [0.4, 0.5) is 27.5 Å². The highest BCUT2D eigenvalue weighted by Gasteiger charge is 2.33. The van der Waals surface area contributed by atoms with Crippen LogP contribution in [0.25, 0.3) is 0 Å². The van der Waals surface area contributed by atoms with Crippen LogP contribution >= 0.6 is 0 Å². The molecular formula is C29H36FN7O2S. The van der Waals surface area contributed by atoms with Crippen LogP contribution in [0, 0.1) is 5.82 Å². The van der Waals surface area contributed by atoms with Crippen LogP contribution < -0.4 is 15.5 Å². The highest BCUT2D eigenvalue weighted by atomic mass is 32.2. The molecule has 0 atom stereocenters. The molecule has 2 aromatic carbocycles. The maximum atomic E-state index is 13.8. The van der Waals surface area contributed by atoms with Gasteiger partial charge in [-0.1, -0.05) is 0 Å². The highest BCUT2D eigenvalue weighted by molar-refractivity contribution is 7.89. The molecule has 0 radical (unpaired) electrons. The molecule has 0 spiro atoms. The van der Waals surface area contributed by atoms with Crippen molar-refractivity contribution in [2.24, 2.45) is 0 Å². The summed E-state index contributed by atoms with van der Waals surface area (Å²) in [5.74, 6) is 0.893. The summed E-state index contributed by atoms with van der Waals surface area (Å²) in [6.45, 7) is 5.77. The fourth-order valence-corrected chi connectivity index (χ4v) is 7.66. The Balaban J connectivity index is 1.17. The Hall–Kier alpha value is -3.12. The SMILES string of the molecule is O=S(=O)(c1ccc(Nc2nccc(N3CCc4cc(F)ccc43)n2)cc1)N(CCN1CCCC1)C1CCNCC1. The molecule has 0 aliphatic carbocycles. The number of anilines is 4. The minimum Gasteiger partial charge on any atom is -0.326 e. The molecule has 0 unspecified atom stereocenters. The number of piperidine rings is 1. The summed E-state index contributed by atoms with van der Waals surface area (Å²) in [4.78, 5) is 13.7. The van der Waals surface area contributed by atoms with Crippen molar-refractivity contribution in [1.82, 2.24) is 24.5 Å². The van der Waals surface area contributed by atoms with Crippen molar-refractivity contribution < 1.29 is 12.8 Å². The van der Waals surface area contributed by atoms with Crippen molar-refractivity contribution in [2.45, 2.75) is 43.0 Å².